The van der Waals surface area contributed by atoms with E-state index >= 15 is 0 Å². The van der Waals surface area contributed by atoms with Gasteiger partial charge < -0.3 is 19.5 Å². The summed E-state index contributed by atoms with van der Waals surface area (Å²) in [6, 6.07) is 19.4. The number of hydrogen-bond donors (Lipinski definition) is 1. The Kier molecular flexibility index (Phi) is 9.38. The van der Waals surface area contributed by atoms with Crippen molar-refractivity contribution in [3.8, 4) is 11.5 Å². The Morgan fingerprint density at radius 2 is 1.62 bits per heavy atom. The zero-order valence-corrected chi connectivity index (χ0v) is 19.9. The van der Waals surface area contributed by atoms with Crippen molar-refractivity contribution in [2.45, 2.75) is 13.5 Å². The van der Waals surface area contributed by atoms with E-state index in [0.29, 0.717) is 39.4 Å². The van der Waals surface area contributed by atoms with Crippen LogP contribution in [0.4, 0.5) is 5.69 Å². The van der Waals surface area contributed by atoms with Crippen LogP contribution in [0.3, 0.4) is 0 Å². The summed E-state index contributed by atoms with van der Waals surface area (Å²) in [4.78, 5) is 24.1. The first kappa shape index (κ1) is 25.1. The van der Waals surface area contributed by atoms with E-state index in [1.807, 2.05) is 6.92 Å². The van der Waals surface area contributed by atoms with Gasteiger partial charge in [-0.15, -0.1) is 0 Å². The number of esters is 1. The lowest BCUT2D eigenvalue weighted by atomic mass is 10.2. The summed E-state index contributed by atoms with van der Waals surface area (Å²) in [7, 11) is 0. The predicted molar refractivity (Wildman–Crippen MR) is 133 cm³/mol. The molecule has 0 saturated carbocycles. The number of ether oxygens (including phenoxy) is 3. The number of anilines is 1. The molecule has 0 bridgehead atoms. The fraction of sp³-hybridized carbons (Fsp3) is 0.154. The van der Waals surface area contributed by atoms with Crippen molar-refractivity contribution in [3.05, 3.63) is 94.0 Å². The first-order valence-electron chi connectivity index (χ1n) is 10.5. The van der Waals surface area contributed by atoms with Gasteiger partial charge in [-0.1, -0.05) is 53.5 Å². The summed E-state index contributed by atoms with van der Waals surface area (Å²) in [5.74, 6) is 0.0719. The number of hydrogen-bond acceptors (Lipinski definition) is 5. The van der Waals surface area contributed by atoms with Crippen LogP contribution >= 0.6 is 23.2 Å². The van der Waals surface area contributed by atoms with Crippen molar-refractivity contribution in [2.24, 2.45) is 0 Å². The van der Waals surface area contributed by atoms with Gasteiger partial charge in [-0.3, -0.25) is 4.79 Å². The Labute approximate surface area is 208 Å². The molecule has 0 spiro atoms. The number of halogens is 2. The highest BCUT2D eigenvalue weighted by molar-refractivity contribution is 6.35. The van der Waals surface area contributed by atoms with Crippen molar-refractivity contribution >= 4 is 46.8 Å². The third-order valence-corrected chi connectivity index (χ3v) is 5.25. The second-order valence-corrected chi connectivity index (χ2v) is 7.79. The van der Waals surface area contributed by atoms with Crippen LogP contribution in [0, 0.1) is 0 Å². The summed E-state index contributed by atoms with van der Waals surface area (Å²) < 4.78 is 16.2. The fourth-order valence-corrected chi connectivity index (χ4v) is 3.39. The van der Waals surface area contributed by atoms with Gasteiger partial charge in [0.1, 0.15) is 18.1 Å². The van der Waals surface area contributed by atoms with Crippen LogP contribution in [0.25, 0.3) is 6.08 Å². The lowest BCUT2D eigenvalue weighted by molar-refractivity contribution is -0.142. The molecule has 6 nitrogen and oxygen atoms in total. The zero-order valence-electron chi connectivity index (χ0n) is 18.4. The Balaban J connectivity index is 1.46. The highest BCUT2D eigenvalue weighted by atomic mass is 35.5. The maximum Gasteiger partial charge on any atom is 0.331 e. The summed E-state index contributed by atoms with van der Waals surface area (Å²) >= 11 is 12.3. The molecule has 1 N–H and O–H groups in total. The summed E-state index contributed by atoms with van der Waals surface area (Å²) in [5, 5.41) is 3.74. The van der Waals surface area contributed by atoms with Crippen molar-refractivity contribution in [3.63, 3.8) is 0 Å². The SMILES string of the molecule is CCOc1ccccc1NC(=O)COC(=O)C=Cc1ccc(OCc2c(Cl)cccc2Cl)cc1. The lowest BCUT2D eigenvalue weighted by Crippen LogP contribution is -2.20. The number of para-hydroxylation sites is 2. The normalized spacial score (nSPS) is 10.7. The summed E-state index contributed by atoms with van der Waals surface area (Å²) in [6.45, 7) is 2.14. The molecule has 3 aromatic carbocycles. The second kappa shape index (κ2) is 12.7. The fourth-order valence-electron chi connectivity index (χ4n) is 2.89. The van der Waals surface area contributed by atoms with Gasteiger partial charge in [-0.25, -0.2) is 4.79 Å². The third kappa shape index (κ3) is 7.54. The molecule has 8 heteroatoms. The van der Waals surface area contributed by atoms with E-state index in [1.165, 1.54) is 6.08 Å². The average molecular weight is 500 g/mol. The molecule has 34 heavy (non-hydrogen) atoms. The molecule has 0 aliphatic rings. The van der Waals surface area contributed by atoms with E-state index in [0.717, 1.165) is 5.56 Å². The number of rotatable bonds is 10. The maximum absolute atomic E-state index is 12.1. The molecule has 3 rings (SSSR count). The van der Waals surface area contributed by atoms with E-state index in [9.17, 15) is 9.59 Å². The molecule has 0 radical (unpaired) electrons. The van der Waals surface area contributed by atoms with Gasteiger partial charge in [0.05, 0.1) is 12.3 Å². The minimum Gasteiger partial charge on any atom is -0.492 e. The van der Waals surface area contributed by atoms with Gasteiger partial charge in [0.15, 0.2) is 6.61 Å². The molecule has 0 heterocycles. The molecule has 0 aliphatic heterocycles. The number of amides is 1. The van der Waals surface area contributed by atoms with Crippen LogP contribution in [0.5, 0.6) is 11.5 Å². The van der Waals surface area contributed by atoms with E-state index in [-0.39, 0.29) is 6.61 Å². The smallest absolute Gasteiger partial charge is 0.331 e. The largest absolute Gasteiger partial charge is 0.492 e. The van der Waals surface area contributed by atoms with Crippen LogP contribution in [0.15, 0.2) is 72.8 Å². The average Bonchev–Trinajstić information content (AvgIpc) is 2.83. The van der Waals surface area contributed by atoms with Crippen LogP contribution < -0.4 is 14.8 Å². The first-order valence-corrected chi connectivity index (χ1v) is 11.2. The van der Waals surface area contributed by atoms with Gasteiger partial charge in [0.25, 0.3) is 5.91 Å². The van der Waals surface area contributed by atoms with E-state index in [1.54, 1.807) is 72.8 Å². The molecule has 0 aromatic heterocycles. The van der Waals surface area contributed by atoms with Crippen molar-refractivity contribution in [1.29, 1.82) is 0 Å². The lowest BCUT2D eigenvalue weighted by Gasteiger charge is -2.11. The van der Waals surface area contributed by atoms with E-state index in [4.69, 9.17) is 37.4 Å². The molecular weight excluding hydrogens is 477 g/mol. The topological polar surface area (TPSA) is 73.9 Å². The molecule has 0 aliphatic carbocycles. The zero-order chi connectivity index (χ0) is 24.3. The predicted octanol–water partition coefficient (Wildman–Crippen LogP) is 6.17. The monoisotopic (exact) mass is 499 g/mol. The van der Waals surface area contributed by atoms with Crippen molar-refractivity contribution in [2.75, 3.05) is 18.5 Å². The molecule has 3 aromatic rings. The first-order chi connectivity index (χ1) is 16.5. The van der Waals surface area contributed by atoms with Gasteiger partial charge >= 0.3 is 5.97 Å². The van der Waals surface area contributed by atoms with Gasteiger partial charge in [-0.05, 0) is 55.0 Å². The molecule has 0 fully saturated rings. The van der Waals surface area contributed by atoms with Gasteiger partial charge in [-0.2, -0.15) is 0 Å². The van der Waals surface area contributed by atoms with E-state index in [2.05, 4.69) is 5.32 Å². The quantitative estimate of drug-likeness (QED) is 0.266. The molecule has 176 valence electrons. The third-order valence-electron chi connectivity index (χ3n) is 4.54. The van der Waals surface area contributed by atoms with Crippen molar-refractivity contribution < 1.29 is 23.8 Å². The molecular formula is C26H23Cl2NO5. The number of carbonyl (C=O) groups excluding carboxylic acids is 2. The molecule has 0 unspecified atom stereocenters. The number of nitrogens with one attached hydrogen (secondary N) is 1. The minimum atomic E-state index is -0.637. The molecule has 1 amide bonds. The van der Waals surface area contributed by atoms with Crippen LogP contribution in [-0.2, 0) is 20.9 Å². The number of carbonyl (C=O) groups is 2. The second-order valence-electron chi connectivity index (χ2n) is 6.98. The Morgan fingerprint density at radius 3 is 2.32 bits per heavy atom. The molecule has 0 atom stereocenters. The summed E-state index contributed by atoms with van der Waals surface area (Å²) in [6.07, 6.45) is 2.83. The highest BCUT2D eigenvalue weighted by Crippen LogP contribution is 2.26. The van der Waals surface area contributed by atoms with Crippen LogP contribution in [-0.4, -0.2) is 25.1 Å². The van der Waals surface area contributed by atoms with Crippen LogP contribution in [0.2, 0.25) is 10.0 Å². The Hall–Kier alpha value is -3.48. The summed E-state index contributed by atoms with van der Waals surface area (Å²) in [5.41, 5.74) is 1.98. The Bertz CT molecular complexity index is 1140. The number of benzene rings is 3. The van der Waals surface area contributed by atoms with Gasteiger partial charge in [0.2, 0.25) is 0 Å². The maximum atomic E-state index is 12.1. The van der Waals surface area contributed by atoms with Crippen LogP contribution in [0.1, 0.15) is 18.1 Å². The standard InChI is InChI=1S/C26H23Cl2NO5/c1-2-32-24-9-4-3-8-23(24)29-25(30)17-34-26(31)15-12-18-10-13-19(14-11-18)33-16-20-21(27)6-5-7-22(20)28/h3-15H,2,16-17H2,1H3,(H,29,30). The Morgan fingerprint density at radius 1 is 0.912 bits per heavy atom. The molecule has 0 saturated heterocycles. The van der Waals surface area contributed by atoms with Gasteiger partial charge in [0, 0.05) is 21.7 Å². The highest BCUT2D eigenvalue weighted by Gasteiger charge is 2.09. The minimum absolute atomic E-state index is 0.233. The van der Waals surface area contributed by atoms with Crippen molar-refractivity contribution in [1.82, 2.24) is 0 Å². The van der Waals surface area contributed by atoms with E-state index < -0.39 is 18.5 Å².